The Balaban J connectivity index is 1.85. The van der Waals surface area contributed by atoms with E-state index in [0.29, 0.717) is 18.6 Å². The average Bonchev–Trinajstić information content (AvgIpc) is 2.28. The Morgan fingerprint density at radius 3 is 2.88 bits per heavy atom. The number of halogens is 1. The van der Waals surface area contributed by atoms with Crippen molar-refractivity contribution in [3.05, 3.63) is 35.6 Å². The Hall–Kier alpha value is -0.930. The van der Waals surface area contributed by atoms with Crippen molar-refractivity contribution < 1.29 is 4.39 Å². The van der Waals surface area contributed by atoms with Crippen LogP contribution in [0, 0.1) is 5.82 Å². The van der Waals surface area contributed by atoms with Gasteiger partial charge in [-0.05, 0) is 25.3 Å². The van der Waals surface area contributed by atoms with Gasteiger partial charge in [0.25, 0.3) is 0 Å². The summed E-state index contributed by atoms with van der Waals surface area (Å²) in [4.78, 5) is 0. The van der Waals surface area contributed by atoms with Crippen LogP contribution < -0.4 is 11.1 Å². The first kappa shape index (κ1) is 11.6. The van der Waals surface area contributed by atoms with Crippen molar-refractivity contribution in [2.75, 3.05) is 0 Å². The highest BCUT2D eigenvalue weighted by Crippen LogP contribution is 2.17. The summed E-state index contributed by atoms with van der Waals surface area (Å²) in [7, 11) is 0. The van der Waals surface area contributed by atoms with Crippen LogP contribution in [0.15, 0.2) is 24.3 Å². The summed E-state index contributed by atoms with van der Waals surface area (Å²) in [6, 6.07) is 7.67. The minimum Gasteiger partial charge on any atom is -0.328 e. The van der Waals surface area contributed by atoms with Crippen LogP contribution >= 0.6 is 0 Å². The lowest BCUT2D eigenvalue weighted by molar-refractivity contribution is 0.337. The first-order valence-corrected chi connectivity index (χ1v) is 5.98. The Labute approximate surface area is 96.0 Å². The van der Waals surface area contributed by atoms with Gasteiger partial charge in [-0.2, -0.15) is 0 Å². The first-order valence-electron chi connectivity index (χ1n) is 5.98. The molecule has 0 amide bonds. The molecule has 2 nitrogen and oxygen atoms in total. The van der Waals surface area contributed by atoms with Crippen molar-refractivity contribution in [2.45, 2.75) is 44.3 Å². The third-order valence-electron chi connectivity index (χ3n) is 3.25. The molecule has 1 saturated carbocycles. The second-order valence-electron chi connectivity index (χ2n) is 4.60. The quantitative estimate of drug-likeness (QED) is 0.822. The van der Waals surface area contributed by atoms with Crippen LogP contribution in [0.1, 0.15) is 31.2 Å². The largest absolute Gasteiger partial charge is 0.328 e. The fraction of sp³-hybridized carbons (Fsp3) is 0.538. The highest BCUT2D eigenvalue weighted by Gasteiger charge is 2.18. The molecule has 1 aromatic rings. The predicted molar refractivity (Wildman–Crippen MR) is 63.5 cm³/mol. The van der Waals surface area contributed by atoms with E-state index in [2.05, 4.69) is 5.32 Å². The smallest absolute Gasteiger partial charge is 0.127 e. The van der Waals surface area contributed by atoms with E-state index < -0.39 is 0 Å². The lowest BCUT2D eigenvalue weighted by atomic mass is 9.91. The molecule has 0 aliphatic heterocycles. The van der Waals surface area contributed by atoms with Crippen molar-refractivity contribution in [1.82, 2.24) is 5.32 Å². The molecule has 16 heavy (non-hydrogen) atoms. The monoisotopic (exact) mass is 222 g/mol. The van der Waals surface area contributed by atoms with Crippen LogP contribution in [-0.2, 0) is 6.54 Å². The van der Waals surface area contributed by atoms with E-state index in [0.717, 1.165) is 24.8 Å². The zero-order valence-corrected chi connectivity index (χ0v) is 9.45. The standard InChI is InChI=1S/C13H19FN2/c14-13-7-2-1-4-10(13)9-16-12-6-3-5-11(15)8-12/h1-2,4,7,11-12,16H,3,5-6,8-9,15H2. The van der Waals surface area contributed by atoms with Crippen LogP contribution in [0.25, 0.3) is 0 Å². The molecule has 1 aromatic carbocycles. The molecule has 2 rings (SSSR count). The van der Waals surface area contributed by atoms with Gasteiger partial charge in [0.1, 0.15) is 5.82 Å². The van der Waals surface area contributed by atoms with E-state index in [1.54, 1.807) is 6.07 Å². The molecule has 0 radical (unpaired) electrons. The SMILES string of the molecule is NC1CCCC(NCc2ccccc2F)C1. The fourth-order valence-electron chi connectivity index (χ4n) is 2.31. The summed E-state index contributed by atoms with van der Waals surface area (Å²) in [5.41, 5.74) is 6.65. The maximum atomic E-state index is 13.4. The maximum absolute atomic E-state index is 13.4. The van der Waals surface area contributed by atoms with Crippen LogP contribution in [0.3, 0.4) is 0 Å². The molecular formula is C13H19FN2. The summed E-state index contributed by atoms with van der Waals surface area (Å²) >= 11 is 0. The zero-order valence-electron chi connectivity index (χ0n) is 9.45. The number of benzene rings is 1. The second-order valence-corrected chi connectivity index (χ2v) is 4.60. The van der Waals surface area contributed by atoms with Crippen LogP contribution in [-0.4, -0.2) is 12.1 Å². The van der Waals surface area contributed by atoms with E-state index >= 15 is 0 Å². The summed E-state index contributed by atoms with van der Waals surface area (Å²) in [6.07, 6.45) is 4.46. The fourth-order valence-corrected chi connectivity index (χ4v) is 2.31. The molecule has 1 fully saturated rings. The van der Waals surface area contributed by atoms with Gasteiger partial charge in [-0.25, -0.2) is 4.39 Å². The van der Waals surface area contributed by atoms with Crippen LogP contribution in [0.5, 0.6) is 0 Å². The molecule has 2 unspecified atom stereocenters. The highest BCUT2D eigenvalue weighted by atomic mass is 19.1. The molecule has 1 aliphatic carbocycles. The van der Waals surface area contributed by atoms with E-state index in [4.69, 9.17) is 5.73 Å². The average molecular weight is 222 g/mol. The van der Waals surface area contributed by atoms with Gasteiger partial charge in [0, 0.05) is 24.2 Å². The van der Waals surface area contributed by atoms with Crippen LogP contribution in [0.2, 0.25) is 0 Å². The molecule has 0 bridgehead atoms. The van der Waals surface area contributed by atoms with Crippen molar-refractivity contribution in [2.24, 2.45) is 5.73 Å². The lowest BCUT2D eigenvalue weighted by Crippen LogP contribution is -2.39. The molecule has 0 aromatic heterocycles. The molecule has 3 N–H and O–H groups in total. The normalized spacial score (nSPS) is 25.6. The van der Waals surface area contributed by atoms with Gasteiger partial charge >= 0.3 is 0 Å². The minimum absolute atomic E-state index is 0.130. The number of hydrogen-bond donors (Lipinski definition) is 2. The van der Waals surface area contributed by atoms with Gasteiger partial charge in [-0.1, -0.05) is 24.6 Å². The van der Waals surface area contributed by atoms with Gasteiger partial charge in [0.2, 0.25) is 0 Å². The molecular weight excluding hydrogens is 203 g/mol. The Morgan fingerprint density at radius 2 is 2.12 bits per heavy atom. The zero-order chi connectivity index (χ0) is 11.4. The van der Waals surface area contributed by atoms with Crippen LogP contribution in [0.4, 0.5) is 4.39 Å². The van der Waals surface area contributed by atoms with Gasteiger partial charge in [-0.3, -0.25) is 0 Å². The first-order chi connectivity index (χ1) is 7.75. The number of rotatable bonds is 3. The summed E-state index contributed by atoms with van der Waals surface area (Å²) in [6.45, 7) is 0.601. The molecule has 88 valence electrons. The predicted octanol–water partition coefficient (Wildman–Crippen LogP) is 2.19. The molecule has 0 saturated heterocycles. The third-order valence-corrected chi connectivity index (χ3v) is 3.25. The van der Waals surface area contributed by atoms with E-state index in [1.165, 1.54) is 12.5 Å². The topological polar surface area (TPSA) is 38.0 Å². The maximum Gasteiger partial charge on any atom is 0.127 e. The van der Waals surface area contributed by atoms with Gasteiger partial charge in [-0.15, -0.1) is 0 Å². The van der Waals surface area contributed by atoms with Gasteiger partial charge < -0.3 is 11.1 Å². The molecule has 3 heteroatoms. The summed E-state index contributed by atoms with van der Waals surface area (Å²) < 4.78 is 13.4. The molecule has 0 spiro atoms. The van der Waals surface area contributed by atoms with Gasteiger partial charge in [0.05, 0.1) is 0 Å². The van der Waals surface area contributed by atoms with E-state index in [-0.39, 0.29) is 5.82 Å². The minimum atomic E-state index is -0.130. The van der Waals surface area contributed by atoms with Gasteiger partial charge in [0.15, 0.2) is 0 Å². The van der Waals surface area contributed by atoms with Crippen molar-refractivity contribution in [3.8, 4) is 0 Å². The lowest BCUT2D eigenvalue weighted by Gasteiger charge is -2.27. The van der Waals surface area contributed by atoms with Crippen molar-refractivity contribution in [3.63, 3.8) is 0 Å². The second kappa shape index (κ2) is 5.41. The molecule has 0 heterocycles. The Morgan fingerprint density at radius 1 is 1.31 bits per heavy atom. The summed E-state index contributed by atoms with van der Waals surface area (Å²) in [5.74, 6) is -0.130. The molecule has 2 atom stereocenters. The third kappa shape index (κ3) is 3.03. The summed E-state index contributed by atoms with van der Waals surface area (Å²) in [5, 5.41) is 3.39. The highest BCUT2D eigenvalue weighted by molar-refractivity contribution is 5.17. The van der Waals surface area contributed by atoms with Crippen molar-refractivity contribution >= 4 is 0 Å². The Kier molecular flexibility index (Phi) is 3.91. The number of nitrogens with two attached hydrogens (primary N) is 1. The van der Waals surface area contributed by atoms with E-state index in [1.807, 2.05) is 12.1 Å². The van der Waals surface area contributed by atoms with Crippen molar-refractivity contribution in [1.29, 1.82) is 0 Å². The van der Waals surface area contributed by atoms with E-state index in [9.17, 15) is 4.39 Å². The number of nitrogens with one attached hydrogen (secondary N) is 1. The molecule has 1 aliphatic rings. The number of hydrogen-bond acceptors (Lipinski definition) is 2. The Bertz CT molecular complexity index is 340.